The standard InChI is InChI=1S/C18H25FN4O2/c1-13-15(18(22(2)21-13)23-7-9-25-10-8-23)11-20-12-17(24)14-5-3-4-6-16(14)19/h3-6,17,20,24H,7-12H2,1-2H3/t17-/m0/s1. The first-order valence-electron chi connectivity index (χ1n) is 8.56. The lowest BCUT2D eigenvalue weighted by atomic mass is 10.1. The van der Waals surface area contributed by atoms with Gasteiger partial charge in [-0.25, -0.2) is 4.39 Å². The van der Waals surface area contributed by atoms with Gasteiger partial charge >= 0.3 is 0 Å². The van der Waals surface area contributed by atoms with Gasteiger partial charge in [0, 0.05) is 44.4 Å². The number of ether oxygens (including phenoxy) is 1. The van der Waals surface area contributed by atoms with Crippen molar-refractivity contribution in [3.8, 4) is 0 Å². The van der Waals surface area contributed by atoms with Gasteiger partial charge < -0.3 is 20.1 Å². The molecule has 1 aliphatic heterocycles. The van der Waals surface area contributed by atoms with Gasteiger partial charge in [-0.05, 0) is 13.0 Å². The van der Waals surface area contributed by atoms with Crippen molar-refractivity contribution >= 4 is 5.82 Å². The lowest BCUT2D eigenvalue weighted by Crippen LogP contribution is -2.38. The van der Waals surface area contributed by atoms with Gasteiger partial charge in [-0.15, -0.1) is 0 Å². The third kappa shape index (κ3) is 4.00. The van der Waals surface area contributed by atoms with Crippen LogP contribution in [0.5, 0.6) is 0 Å². The zero-order valence-electron chi connectivity index (χ0n) is 14.7. The van der Waals surface area contributed by atoms with E-state index in [1.807, 2.05) is 18.7 Å². The summed E-state index contributed by atoms with van der Waals surface area (Å²) in [5.41, 5.74) is 2.37. The number of nitrogens with one attached hydrogen (secondary N) is 1. The highest BCUT2D eigenvalue weighted by Gasteiger charge is 2.21. The fourth-order valence-electron chi connectivity index (χ4n) is 3.26. The molecule has 136 valence electrons. The fraction of sp³-hybridized carbons (Fsp3) is 0.500. The first-order valence-corrected chi connectivity index (χ1v) is 8.56. The van der Waals surface area contributed by atoms with Gasteiger partial charge in [-0.3, -0.25) is 4.68 Å². The average Bonchev–Trinajstić information content (AvgIpc) is 2.89. The summed E-state index contributed by atoms with van der Waals surface area (Å²) in [4.78, 5) is 2.27. The molecule has 3 rings (SSSR count). The Kier molecular flexibility index (Phi) is 5.67. The molecule has 0 aliphatic carbocycles. The second-order valence-corrected chi connectivity index (χ2v) is 6.28. The van der Waals surface area contributed by atoms with Gasteiger partial charge in [-0.1, -0.05) is 18.2 Å². The number of aryl methyl sites for hydroxylation is 2. The Labute approximate surface area is 147 Å². The van der Waals surface area contributed by atoms with Crippen LogP contribution in [0.1, 0.15) is 22.9 Å². The molecule has 1 aliphatic rings. The van der Waals surface area contributed by atoms with Crippen LogP contribution in [0.4, 0.5) is 10.2 Å². The largest absolute Gasteiger partial charge is 0.387 e. The summed E-state index contributed by atoms with van der Waals surface area (Å²) in [7, 11) is 1.94. The molecule has 0 saturated carbocycles. The SMILES string of the molecule is Cc1nn(C)c(N2CCOCC2)c1CNC[C@H](O)c1ccccc1F. The minimum absolute atomic E-state index is 0.276. The molecule has 2 N–H and O–H groups in total. The van der Waals surface area contributed by atoms with Crippen molar-refractivity contribution in [2.45, 2.75) is 19.6 Å². The van der Waals surface area contributed by atoms with Crippen LogP contribution in [0, 0.1) is 12.7 Å². The number of halogens is 1. The van der Waals surface area contributed by atoms with Crippen LogP contribution in [0.2, 0.25) is 0 Å². The maximum atomic E-state index is 13.7. The van der Waals surface area contributed by atoms with Gasteiger partial charge in [0.1, 0.15) is 11.6 Å². The molecule has 2 aromatic rings. The molecule has 0 unspecified atom stereocenters. The van der Waals surface area contributed by atoms with Gasteiger partial charge in [0.15, 0.2) is 0 Å². The molecule has 1 aromatic carbocycles. The summed E-state index contributed by atoms with van der Waals surface area (Å²) < 4.78 is 21.1. The predicted molar refractivity (Wildman–Crippen MR) is 94.0 cm³/mol. The zero-order valence-corrected chi connectivity index (χ0v) is 14.7. The highest BCUT2D eigenvalue weighted by Crippen LogP contribution is 2.24. The summed E-state index contributed by atoms with van der Waals surface area (Å²) in [6.45, 7) is 5.92. The van der Waals surface area contributed by atoms with E-state index in [1.54, 1.807) is 18.2 Å². The molecule has 0 spiro atoms. The predicted octanol–water partition coefficient (Wildman–Crippen LogP) is 1.53. The van der Waals surface area contributed by atoms with Crippen LogP contribution in [-0.2, 0) is 18.3 Å². The highest BCUT2D eigenvalue weighted by molar-refractivity contribution is 5.50. The van der Waals surface area contributed by atoms with E-state index in [0.717, 1.165) is 30.2 Å². The zero-order chi connectivity index (χ0) is 17.8. The molecule has 1 fully saturated rings. The van der Waals surface area contributed by atoms with E-state index in [1.165, 1.54) is 6.07 Å². The Morgan fingerprint density at radius 3 is 2.76 bits per heavy atom. The molecule has 0 amide bonds. The van der Waals surface area contributed by atoms with Crippen molar-refractivity contribution in [2.75, 3.05) is 37.7 Å². The van der Waals surface area contributed by atoms with Crippen LogP contribution >= 0.6 is 0 Å². The molecule has 7 heteroatoms. The lowest BCUT2D eigenvalue weighted by molar-refractivity contribution is 0.122. The van der Waals surface area contributed by atoms with E-state index >= 15 is 0 Å². The van der Waals surface area contributed by atoms with Crippen molar-refractivity contribution in [3.05, 3.63) is 46.9 Å². The first-order chi connectivity index (χ1) is 12.1. The second-order valence-electron chi connectivity index (χ2n) is 6.28. The van der Waals surface area contributed by atoms with Gasteiger partial charge in [0.05, 0.1) is 25.0 Å². The highest BCUT2D eigenvalue weighted by atomic mass is 19.1. The summed E-state index contributed by atoms with van der Waals surface area (Å²) in [6.07, 6.45) is -0.884. The lowest BCUT2D eigenvalue weighted by Gasteiger charge is -2.29. The van der Waals surface area contributed by atoms with E-state index in [0.29, 0.717) is 25.3 Å². The quantitative estimate of drug-likeness (QED) is 0.829. The number of benzene rings is 1. The van der Waals surface area contributed by atoms with Gasteiger partial charge in [0.2, 0.25) is 0 Å². The van der Waals surface area contributed by atoms with Gasteiger partial charge in [0.25, 0.3) is 0 Å². The third-order valence-corrected chi connectivity index (χ3v) is 4.53. The van der Waals surface area contributed by atoms with Crippen LogP contribution in [0.3, 0.4) is 0 Å². The van der Waals surface area contributed by atoms with Crippen LogP contribution in [0.25, 0.3) is 0 Å². The smallest absolute Gasteiger partial charge is 0.131 e. The summed E-state index contributed by atoms with van der Waals surface area (Å²) in [5.74, 6) is 0.692. The monoisotopic (exact) mass is 348 g/mol. The van der Waals surface area contributed by atoms with E-state index in [-0.39, 0.29) is 12.4 Å². The molecule has 0 radical (unpaired) electrons. The number of hydrogen-bond donors (Lipinski definition) is 2. The van der Waals surface area contributed by atoms with Crippen LogP contribution < -0.4 is 10.2 Å². The molecule has 2 heterocycles. The fourth-order valence-corrected chi connectivity index (χ4v) is 3.26. The summed E-state index contributed by atoms with van der Waals surface area (Å²) in [6, 6.07) is 6.31. The molecule has 1 saturated heterocycles. The molecular weight excluding hydrogens is 323 g/mol. The average molecular weight is 348 g/mol. The number of anilines is 1. The number of rotatable bonds is 6. The number of nitrogens with zero attached hydrogens (tertiary/aromatic N) is 3. The Bertz CT molecular complexity index is 713. The molecule has 1 aromatic heterocycles. The van der Waals surface area contributed by atoms with Crippen molar-refractivity contribution in [3.63, 3.8) is 0 Å². The van der Waals surface area contributed by atoms with E-state index in [2.05, 4.69) is 15.3 Å². The topological polar surface area (TPSA) is 62.5 Å². The molecule has 25 heavy (non-hydrogen) atoms. The normalized spacial score (nSPS) is 16.2. The Morgan fingerprint density at radius 1 is 1.32 bits per heavy atom. The van der Waals surface area contributed by atoms with E-state index < -0.39 is 6.10 Å². The number of hydrogen-bond acceptors (Lipinski definition) is 5. The van der Waals surface area contributed by atoms with Gasteiger partial charge in [-0.2, -0.15) is 5.10 Å². The number of aromatic nitrogens is 2. The number of aliphatic hydroxyl groups is 1. The van der Waals surface area contributed by atoms with E-state index in [9.17, 15) is 9.50 Å². The minimum atomic E-state index is -0.884. The van der Waals surface area contributed by atoms with Crippen molar-refractivity contribution < 1.29 is 14.2 Å². The van der Waals surface area contributed by atoms with Crippen molar-refractivity contribution in [1.82, 2.24) is 15.1 Å². The van der Waals surface area contributed by atoms with Crippen LogP contribution in [-0.4, -0.2) is 47.7 Å². The van der Waals surface area contributed by atoms with Crippen LogP contribution in [0.15, 0.2) is 24.3 Å². The summed E-state index contributed by atoms with van der Waals surface area (Å²) >= 11 is 0. The first kappa shape index (κ1) is 17.8. The molecule has 1 atom stereocenters. The Balaban J connectivity index is 1.66. The Hall–Kier alpha value is -1.96. The summed E-state index contributed by atoms with van der Waals surface area (Å²) in [5, 5.41) is 18.0. The maximum absolute atomic E-state index is 13.7. The van der Waals surface area contributed by atoms with Crippen molar-refractivity contribution in [1.29, 1.82) is 0 Å². The van der Waals surface area contributed by atoms with Crippen molar-refractivity contribution in [2.24, 2.45) is 7.05 Å². The second kappa shape index (κ2) is 7.95. The molecule has 0 bridgehead atoms. The maximum Gasteiger partial charge on any atom is 0.131 e. The number of aliphatic hydroxyl groups excluding tert-OH is 1. The third-order valence-electron chi connectivity index (χ3n) is 4.53. The Morgan fingerprint density at radius 2 is 2.04 bits per heavy atom. The van der Waals surface area contributed by atoms with E-state index in [4.69, 9.17) is 4.74 Å². The molecule has 6 nitrogen and oxygen atoms in total. The molecular formula is C18H25FN4O2. The minimum Gasteiger partial charge on any atom is -0.387 e. The number of morpholine rings is 1.